The molecule has 0 radical (unpaired) electrons. The van der Waals surface area contributed by atoms with Crippen molar-refractivity contribution in [1.29, 1.82) is 0 Å². The summed E-state index contributed by atoms with van der Waals surface area (Å²) in [6, 6.07) is 0. The van der Waals surface area contributed by atoms with Gasteiger partial charge >= 0.3 is 39.5 Å². The topological polar surface area (TPSA) is 237 Å². The van der Waals surface area contributed by atoms with Crippen LogP contribution < -0.4 is 0 Å². The summed E-state index contributed by atoms with van der Waals surface area (Å²) >= 11 is 0. The van der Waals surface area contributed by atoms with E-state index in [2.05, 4.69) is 149 Å². The molecule has 0 aromatic heterocycles. The third-order valence-corrected chi connectivity index (χ3v) is 17.2. The molecule has 0 saturated carbocycles. The molecule has 570 valence electrons. The van der Waals surface area contributed by atoms with Crippen LogP contribution in [0.25, 0.3) is 0 Å². The zero-order valence-corrected chi connectivity index (χ0v) is 63.9. The quantitative estimate of drug-likeness (QED) is 0.0169. The molecule has 0 heterocycles. The van der Waals surface area contributed by atoms with Crippen molar-refractivity contribution in [2.24, 2.45) is 0 Å². The van der Waals surface area contributed by atoms with Crippen molar-refractivity contribution in [1.82, 2.24) is 0 Å². The van der Waals surface area contributed by atoms with E-state index in [0.717, 1.165) is 154 Å². The van der Waals surface area contributed by atoms with Gasteiger partial charge in [-0.2, -0.15) is 0 Å². The summed E-state index contributed by atoms with van der Waals surface area (Å²) < 4.78 is 68.3. The predicted octanol–water partition coefficient (Wildman–Crippen LogP) is 21.9. The van der Waals surface area contributed by atoms with E-state index in [1.807, 2.05) is 18.2 Å². The van der Waals surface area contributed by atoms with Crippen molar-refractivity contribution in [2.45, 2.75) is 303 Å². The molecular formula is C81H134O17P2. The smallest absolute Gasteiger partial charge is 0.462 e. The van der Waals surface area contributed by atoms with Crippen LogP contribution >= 0.6 is 15.6 Å². The van der Waals surface area contributed by atoms with Crippen LogP contribution in [0.5, 0.6) is 0 Å². The Morgan fingerprint density at radius 3 is 0.890 bits per heavy atom. The fourth-order valence-corrected chi connectivity index (χ4v) is 11.2. The molecule has 0 fully saturated rings. The van der Waals surface area contributed by atoms with Crippen molar-refractivity contribution < 1.29 is 80.2 Å². The molecule has 0 saturated heterocycles. The van der Waals surface area contributed by atoms with Crippen LogP contribution in [0, 0.1) is 0 Å². The van der Waals surface area contributed by atoms with Crippen LogP contribution in [0.3, 0.4) is 0 Å². The van der Waals surface area contributed by atoms with Crippen LogP contribution in [-0.2, 0) is 65.4 Å². The van der Waals surface area contributed by atoms with Gasteiger partial charge in [0.2, 0.25) is 0 Å². The maximum atomic E-state index is 13.1. The van der Waals surface area contributed by atoms with Gasteiger partial charge in [0.15, 0.2) is 12.2 Å². The van der Waals surface area contributed by atoms with Gasteiger partial charge in [0, 0.05) is 19.3 Å². The van der Waals surface area contributed by atoms with Crippen LogP contribution in [-0.4, -0.2) is 96.7 Å². The van der Waals surface area contributed by atoms with Crippen molar-refractivity contribution in [2.75, 3.05) is 39.6 Å². The fraction of sp³-hybridized carbons (Fsp3) is 0.654. The summed E-state index contributed by atoms with van der Waals surface area (Å²) in [6.07, 6.45) is 81.5. The van der Waals surface area contributed by atoms with Crippen LogP contribution in [0.15, 0.2) is 146 Å². The summed E-state index contributed by atoms with van der Waals surface area (Å²) in [6.45, 7) is 4.36. The Morgan fingerprint density at radius 2 is 0.560 bits per heavy atom. The Kier molecular flexibility index (Phi) is 68.6. The number of aliphatic hydroxyl groups excluding tert-OH is 1. The fourth-order valence-electron chi connectivity index (χ4n) is 9.65. The molecule has 0 aromatic carbocycles. The summed E-state index contributed by atoms with van der Waals surface area (Å²) in [7, 11) is -9.99. The molecule has 5 unspecified atom stereocenters. The largest absolute Gasteiger partial charge is 0.472 e. The average Bonchev–Trinajstić information content (AvgIpc) is 0.937. The van der Waals surface area contributed by atoms with E-state index < -0.39 is 97.5 Å². The number of phosphoric ester groups is 2. The molecular weight excluding hydrogens is 1310 g/mol. The third-order valence-electron chi connectivity index (χ3n) is 15.3. The molecule has 0 aliphatic carbocycles. The van der Waals surface area contributed by atoms with E-state index >= 15 is 0 Å². The Labute approximate surface area is 605 Å². The van der Waals surface area contributed by atoms with Gasteiger partial charge < -0.3 is 33.8 Å². The minimum Gasteiger partial charge on any atom is -0.462 e. The van der Waals surface area contributed by atoms with Gasteiger partial charge in [-0.05, 0) is 122 Å². The molecule has 0 aliphatic heterocycles. The summed E-state index contributed by atoms with van der Waals surface area (Å²) in [4.78, 5) is 72.8. The Bertz CT molecular complexity index is 2470. The minimum atomic E-state index is -5.00. The average molecular weight is 1440 g/mol. The lowest BCUT2D eigenvalue weighted by atomic mass is 10.0. The standard InChI is InChI=1S/C81H134O17P2/c1-5-9-13-17-21-25-29-33-36-37-40-43-46-50-54-58-62-66-79(84)92-72-77(98-81(86)68-64-60-56-52-48-44-39-35-31-27-23-19-15-11-7-3)74-96-100(89,90)94-70-75(82)69-93-99(87,88)95-73-76(97-80(85)67-63-59-55-51-47-41-32-28-24-20-16-12-8-4)71-91-78(83)65-61-57-53-49-45-42-38-34-30-26-22-18-14-10-6-2/h9-11,13-15,21-23,25-27,33-36,38-40,43,45,49,57,61,75-77,82H,5-8,12,16-20,24,28-32,37,41-42,44,46-48,50-56,58-60,62-74H2,1-4H3,(H,87,88)(H,89,90)/b13-9-,14-10-,15-11-,25-21-,26-22-,27-23-,36-33-,38-34-,39-35-,43-40-,49-45-,61-57-. The molecule has 0 rings (SSSR count). The van der Waals surface area contributed by atoms with Gasteiger partial charge in [0.1, 0.15) is 19.3 Å². The van der Waals surface area contributed by atoms with Gasteiger partial charge in [0.05, 0.1) is 32.8 Å². The second kappa shape index (κ2) is 72.3. The number of ether oxygens (including phenoxy) is 4. The number of phosphoric acid groups is 2. The Hall–Kier alpha value is -5.06. The van der Waals surface area contributed by atoms with Gasteiger partial charge in [-0.1, -0.05) is 283 Å². The molecule has 5 atom stereocenters. The maximum absolute atomic E-state index is 13.1. The van der Waals surface area contributed by atoms with Gasteiger partial charge in [-0.25, -0.2) is 9.13 Å². The van der Waals surface area contributed by atoms with Gasteiger partial charge in [-0.15, -0.1) is 0 Å². The van der Waals surface area contributed by atoms with E-state index in [1.165, 1.54) is 51.4 Å². The molecule has 17 nitrogen and oxygen atoms in total. The second-order valence-corrected chi connectivity index (χ2v) is 27.7. The van der Waals surface area contributed by atoms with E-state index in [1.54, 1.807) is 6.08 Å². The van der Waals surface area contributed by atoms with E-state index in [9.17, 15) is 43.2 Å². The number of hydrogen-bond acceptors (Lipinski definition) is 15. The molecule has 0 aromatic rings. The number of hydrogen-bond donors (Lipinski definition) is 3. The van der Waals surface area contributed by atoms with E-state index in [0.29, 0.717) is 25.7 Å². The Balaban J connectivity index is 5.45. The number of unbranched alkanes of at least 4 members (excludes halogenated alkanes) is 21. The number of allylic oxidation sites excluding steroid dienone is 23. The SMILES string of the molecule is CC/C=C\C/C=C\C/C=C\C/C=C\C/C=C\CC(=O)OCC(COP(=O)(O)OCC(O)COP(=O)(O)OCC(COC(=O)CCCCCC/C=C\C/C=C\C/C=C\C/C=C\CC)OC(=O)CCCCCCC/C=C\C/C=C\C/C=C\CC)OC(=O)CCCCCCCCCCCCCCC. The van der Waals surface area contributed by atoms with Crippen molar-refractivity contribution in [3.8, 4) is 0 Å². The number of aliphatic hydroxyl groups is 1. The summed E-state index contributed by atoms with van der Waals surface area (Å²) in [5.41, 5.74) is 0. The lowest BCUT2D eigenvalue weighted by Gasteiger charge is -2.21. The highest BCUT2D eigenvalue weighted by Crippen LogP contribution is 2.45. The second-order valence-electron chi connectivity index (χ2n) is 24.8. The highest BCUT2D eigenvalue weighted by atomic mass is 31.2. The highest BCUT2D eigenvalue weighted by Gasteiger charge is 2.30. The number of carbonyl (C=O) groups excluding carboxylic acids is 4. The zero-order chi connectivity index (χ0) is 73.2. The van der Waals surface area contributed by atoms with E-state index in [-0.39, 0.29) is 25.7 Å². The first kappa shape index (κ1) is 94.9. The molecule has 0 aliphatic rings. The normalized spacial score (nSPS) is 14.8. The van der Waals surface area contributed by atoms with E-state index in [4.69, 9.17) is 37.0 Å². The van der Waals surface area contributed by atoms with Gasteiger partial charge in [0.25, 0.3) is 0 Å². The van der Waals surface area contributed by atoms with Crippen molar-refractivity contribution >= 4 is 39.5 Å². The van der Waals surface area contributed by atoms with Crippen molar-refractivity contribution in [3.63, 3.8) is 0 Å². The molecule has 100 heavy (non-hydrogen) atoms. The predicted molar refractivity (Wildman–Crippen MR) is 408 cm³/mol. The third kappa shape index (κ3) is 71.3. The van der Waals surface area contributed by atoms with Crippen LogP contribution in [0.1, 0.15) is 285 Å². The van der Waals surface area contributed by atoms with Gasteiger partial charge in [-0.3, -0.25) is 37.3 Å². The molecule has 0 bridgehead atoms. The Morgan fingerprint density at radius 1 is 0.300 bits per heavy atom. The van der Waals surface area contributed by atoms with Crippen LogP contribution in [0.4, 0.5) is 0 Å². The molecule has 0 spiro atoms. The number of rotatable bonds is 70. The van der Waals surface area contributed by atoms with Crippen molar-refractivity contribution in [3.05, 3.63) is 146 Å². The lowest BCUT2D eigenvalue weighted by Crippen LogP contribution is -2.30. The summed E-state index contributed by atoms with van der Waals surface area (Å²) in [5, 5.41) is 10.6. The first-order valence-corrected chi connectivity index (χ1v) is 41.1. The summed E-state index contributed by atoms with van der Waals surface area (Å²) in [5.74, 6) is -2.37. The minimum absolute atomic E-state index is 0.0637. The highest BCUT2D eigenvalue weighted by molar-refractivity contribution is 7.47. The maximum Gasteiger partial charge on any atom is 0.472 e. The van der Waals surface area contributed by atoms with Crippen LogP contribution in [0.2, 0.25) is 0 Å². The molecule has 0 amide bonds. The first-order chi connectivity index (χ1) is 48.7. The monoisotopic (exact) mass is 1440 g/mol. The molecule has 19 heteroatoms. The number of esters is 4. The first-order valence-electron chi connectivity index (χ1n) is 38.1. The molecule has 3 N–H and O–H groups in total. The lowest BCUT2D eigenvalue weighted by molar-refractivity contribution is -0.161. The zero-order valence-electron chi connectivity index (χ0n) is 62.1. The number of carbonyl (C=O) groups is 4.